The summed E-state index contributed by atoms with van der Waals surface area (Å²) in [6, 6.07) is 3.20. The van der Waals surface area contributed by atoms with Crippen molar-refractivity contribution in [2.24, 2.45) is 5.73 Å². The molecule has 0 bridgehead atoms. The summed E-state index contributed by atoms with van der Waals surface area (Å²) >= 11 is 0. The first-order chi connectivity index (χ1) is 9.52. The number of benzene rings is 1. The molecule has 1 heterocycles. The summed E-state index contributed by atoms with van der Waals surface area (Å²) in [5, 5.41) is 0. The van der Waals surface area contributed by atoms with Crippen LogP contribution in [-0.2, 0) is 0 Å². The smallest absolute Gasteiger partial charge is 0.257 e. The molecule has 0 aromatic heterocycles. The zero-order valence-electron chi connectivity index (χ0n) is 11.5. The van der Waals surface area contributed by atoms with E-state index in [1.165, 1.54) is 0 Å². The number of piperazine rings is 1. The maximum absolute atomic E-state index is 13.6. The van der Waals surface area contributed by atoms with Crippen LogP contribution in [0, 0.1) is 11.6 Å². The Morgan fingerprint density at radius 2 is 1.95 bits per heavy atom. The lowest BCUT2D eigenvalue weighted by Gasteiger charge is -2.37. The van der Waals surface area contributed by atoms with Crippen molar-refractivity contribution in [1.29, 1.82) is 0 Å². The monoisotopic (exact) mass is 283 g/mol. The van der Waals surface area contributed by atoms with Gasteiger partial charge in [-0.05, 0) is 25.1 Å². The second kappa shape index (κ2) is 6.28. The summed E-state index contributed by atoms with van der Waals surface area (Å²) < 4.78 is 26.7. The average molecular weight is 283 g/mol. The Kier molecular flexibility index (Phi) is 4.67. The molecule has 6 heteroatoms. The minimum absolute atomic E-state index is 0.203. The number of hydrogen-bond acceptors (Lipinski definition) is 3. The predicted molar refractivity (Wildman–Crippen MR) is 72.4 cm³/mol. The first-order valence-corrected chi connectivity index (χ1v) is 6.71. The molecular weight excluding hydrogens is 264 g/mol. The van der Waals surface area contributed by atoms with Gasteiger partial charge in [0.1, 0.15) is 11.6 Å². The van der Waals surface area contributed by atoms with Crippen molar-refractivity contribution in [2.75, 3.05) is 32.7 Å². The van der Waals surface area contributed by atoms with E-state index in [4.69, 9.17) is 5.73 Å². The summed E-state index contributed by atoms with van der Waals surface area (Å²) in [6.45, 7) is 4.98. The normalized spacial score (nSPS) is 18.1. The van der Waals surface area contributed by atoms with Crippen molar-refractivity contribution in [3.8, 4) is 0 Å². The van der Waals surface area contributed by atoms with Crippen molar-refractivity contribution in [3.63, 3.8) is 0 Å². The molecule has 1 fully saturated rings. The van der Waals surface area contributed by atoms with Gasteiger partial charge in [0.25, 0.3) is 5.91 Å². The second-order valence-electron chi connectivity index (χ2n) is 5.04. The molecule has 2 N–H and O–H groups in total. The van der Waals surface area contributed by atoms with Gasteiger partial charge in [0.05, 0.1) is 5.56 Å². The zero-order chi connectivity index (χ0) is 14.7. The van der Waals surface area contributed by atoms with Crippen LogP contribution in [0.2, 0.25) is 0 Å². The minimum Gasteiger partial charge on any atom is -0.336 e. The largest absolute Gasteiger partial charge is 0.336 e. The molecule has 0 saturated carbocycles. The highest BCUT2D eigenvalue weighted by Crippen LogP contribution is 2.14. The molecule has 1 unspecified atom stereocenters. The van der Waals surface area contributed by atoms with Crippen LogP contribution in [0.5, 0.6) is 0 Å². The van der Waals surface area contributed by atoms with E-state index in [2.05, 4.69) is 4.90 Å². The number of halogens is 2. The van der Waals surface area contributed by atoms with E-state index in [9.17, 15) is 13.6 Å². The Morgan fingerprint density at radius 1 is 1.30 bits per heavy atom. The van der Waals surface area contributed by atoms with E-state index in [0.717, 1.165) is 18.2 Å². The van der Waals surface area contributed by atoms with Gasteiger partial charge in [-0.15, -0.1) is 0 Å². The quantitative estimate of drug-likeness (QED) is 0.903. The van der Waals surface area contributed by atoms with Crippen molar-refractivity contribution in [3.05, 3.63) is 35.4 Å². The summed E-state index contributed by atoms with van der Waals surface area (Å²) in [6.07, 6.45) is 0. The Balaban J connectivity index is 2.03. The number of rotatable bonds is 3. The van der Waals surface area contributed by atoms with Crippen LogP contribution in [0.25, 0.3) is 0 Å². The molecule has 0 spiro atoms. The first kappa shape index (κ1) is 14.9. The molecule has 1 aliphatic rings. The SMILES string of the molecule is CC(CN)N1CCN(C(=O)c2cc(F)ccc2F)CC1. The number of nitrogens with zero attached hydrogens (tertiary/aromatic N) is 2. The molecule has 1 atom stereocenters. The Hall–Kier alpha value is -1.53. The summed E-state index contributed by atoms with van der Waals surface area (Å²) in [5.41, 5.74) is 5.41. The Labute approximate surface area is 117 Å². The van der Waals surface area contributed by atoms with E-state index in [-0.39, 0.29) is 11.6 Å². The molecule has 0 radical (unpaired) electrons. The van der Waals surface area contributed by atoms with Gasteiger partial charge in [-0.2, -0.15) is 0 Å². The fourth-order valence-electron chi connectivity index (χ4n) is 2.35. The molecular formula is C14H19F2N3O. The number of carbonyl (C=O) groups is 1. The first-order valence-electron chi connectivity index (χ1n) is 6.71. The van der Waals surface area contributed by atoms with Crippen molar-refractivity contribution in [2.45, 2.75) is 13.0 Å². The lowest BCUT2D eigenvalue weighted by Crippen LogP contribution is -2.52. The van der Waals surface area contributed by atoms with Gasteiger partial charge in [0, 0.05) is 38.8 Å². The van der Waals surface area contributed by atoms with Crippen molar-refractivity contribution < 1.29 is 13.6 Å². The molecule has 4 nitrogen and oxygen atoms in total. The molecule has 1 aromatic carbocycles. The molecule has 2 rings (SSSR count). The fourth-order valence-corrected chi connectivity index (χ4v) is 2.35. The molecule has 1 amide bonds. The average Bonchev–Trinajstić information content (AvgIpc) is 2.48. The third-order valence-corrected chi connectivity index (χ3v) is 3.72. The second-order valence-corrected chi connectivity index (χ2v) is 5.04. The third-order valence-electron chi connectivity index (χ3n) is 3.72. The van der Waals surface area contributed by atoms with Crippen LogP contribution in [0.4, 0.5) is 8.78 Å². The third kappa shape index (κ3) is 3.13. The highest BCUT2D eigenvalue weighted by atomic mass is 19.1. The number of amides is 1. The van der Waals surface area contributed by atoms with Crippen LogP contribution in [0.15, 0.2) is 18.2 Å². The molecule has 20 heavy (non-hydrogen) atoms. The predicted octanol–water partition coefficient (Wildman–Crippen LogP) is 1.07. The topological polar surface area (TPSA) is 49.6 Å². The van der Waals surface area contributed by atoms with Crippen LogP contribution in [-0.4, -0.2) is 54.5 Å². The maximum atomic E-state index is 13.6. The van der Waals surface area contributed by atoms with Crippen LogP contribution < -0.4 is 5.73 Å². The van der Waals surface area contributed by atoms with Crippen molar-refractivity contribution >= 4 is 5.91 Å². The van der Waals surface area contributed by atoms with E-state index in [1.54, 1.807) is 4.90 Å². The fraction of sp³-hybridized carbons (Fsp3) is 0.500. The maximum Gasteiger partial charge on any atom is 0.257 e. The summed E-state index contributed by atoms with van der Waals surface area (Å²) in [5.74, 6) is -1.75. The minimum atomic E-state index is -0.686. The molecule has 110 valence electrons. The lowest BCUT2D eigenvalue weighted by atomic mass is 10.1. The van der Waals surface area contributed by atoms with Crippen molar-refractivity contribution in [1.82, 2.24) is 9.80 Å². The summed E-state index contributed by atoms with van der Waals surface area (Å²) in [4.78, 5) is 15.9. The zero-order valence-corrected chi connectivity index (χ0v) is 11.5. The van der Waals surface area contributed by atoms with Crippen LogP contribution in [0.1, 0.15) is 17.3 Å². The molecule has 0 aliphatic carbocycles. The van der Waals surface area contributed by atoms with E-state index < -0.39 is 17.5 Å². The molecule has 1 aromatic rings. The Morgan fingerprint density at radius 3 is 2.55 bits per heavy atom. The molecule has 1 aliphatic heterocycles. The van der Waals surface area contributed by atoms with E-state index >= 15 is 0 Å². The van der Waals surface area contributed by atoms with Gasteiger partial charge in [-0.25, -0.2) is 8.78 Å². The van der Waals surface area contributed by atoms with Gasteiger partial charge in [-0.3, -0.25) is 9.69 Å². The standard InChI is InChI=1S/C14H19F2N3O/c1-10(9-17)18-4-6-19(7-5-18)14(20)12-8-11(15)2-3-13(12)16/h2-3,8,10H,4-7,9,17H2,1H3. The van der Waals surface area contributed by atoms with Gasteiger partial charge < -0.3 is 10.6 Å². The van der Waals surface area contributed by atoms with Gasteiger partial charge in [0.2, 0.25) is 0 Å². The number of hydrogen-bond donors (Lipinski definition) is 1. The van der Waals surface area contributed by atoms with Gasteiger partial charge in [-0.1, -0.05) is 0 Å². The summed E-state index contributed by atoms with van der Waals surface area (Å²) in [7, 11) is 0. The van der Waals surface area contributed by atoms with Gasteiger partial charge >= 0.3 is 0 Å². The van der Waals surface area contributed by atoms with Crippen LogP contribution >= 0.6 is 0 Å². The Bertz CT molecular complexity index is 487. The van der Waals surface area contributed by atoms with Gasteiger partial charge in [0.15, 0.2) is 0 Å². The molecule has 1 saturated heterocycles. The van der Waals surface area contributed by atoms with E-state index in [0.29, 0.717) is 32.7 Å². The number of carbonyl (C=O) groups excluding carboxylic acids is 1. The lowest BCUT2D eigenvalue weighted by molar-refractivity contribution is 0.0584. The number of nitrogens with two attached hydrogens (primary N) is 1. The highest BCUT2D eigenvalue weighted by molar-refractivity contribution is 5.94. The van der Waals surface area contributed by atoms with Crippen LogP contribution in [0.3, 0.4) is 0 Å². The highest BCUT2D eigenvalue weighted by Gasteiger charge is 2.25. The van der Waals surface area contributed by atoms with E-state index in [1.807, 2.05) is 6.92 Å².